The van der Waals surface area contributed by atoms with E-state index in [1.54, 1.807) is 14.0 Å². The zero-order valence-electron chi connectivity index (χ0n) is 16.7. The van der Waals surface area contributed by atoms with Gasteiger partial charge in [-0.2, -0.15) is 0 Å². The Kier molecular flexibility index (Phi) is 6.51. The van der Waals surface area contributed by atoms with E-state index in [1.165, 1.54) is 4.90 Å². The van der Waals surface area contributed by atoms with E-state index in [-0.39, 0.29) is 12.5 Å². The minimum Gasteiger partial charge on any atom is -0.497 e. The van der Waals surface area contributed by atoms with Crippen LogP contribution in [0.5, 0.6) is 5.75 Å². The second kappa shape index (κ2) is 9.05. The SMILES string of the molecule is CCOC(=O)[C@H]1C(=O)NC(N2CC[NH+](CC)CC2)=N[C@@H]1c1ccc(OC)cc1. The van der Waals surface area contributed by atoms with Crippen LogP contribution in [0.15, 0.2) is 29.3 Å². The van der Waals surface area contributed by atoms with E-state index in [0.717, 1.165) is 38.3 Å². The fourth-order valence-corrected chi connectivity index (χ4v) is 3.65. The lowest BCUT2D eigenvalue weighted by atomic mass is 9.91. The molecule has 1 fully saturated rings. The van der Waals surface area contributed by atoms with Crippen molar-refractivity contribution < 1.29 is 24.0 Å². The van der Waals surface area contributed by atoms with Crippen LogP contribution in [0.3, 0.4) is 0 Å². The van der Waals surface area contributed by atoms with E-state index >= 15 is 0 Å². The molecule has 0 bridgehead atoms. The van der Waals surface area contributed by atoms with E-state index in [1.807, 2.05) is 24.3 Å². The summed E-state index contributed by atoms with van der Waals surface area (Å²) >= 11 is 0. The van der Waals surface area contributed by atoms with Crippen LogP contribution < -0.4 is 15.0 Å². The molecule has 1 saturated heterocycles. The van der Waals surface area contributed by atoms with Crippen LogP contribution in [0.25, 0.3) is 0 Å². The van der Waals surface area contributed by atoms with E-state index in [9.17, 15) is 9.59 Å². The molecule has 1 aromatic rings. The number of ether oxygens (including phenoxy) is 2. The van der Waals surface area contributed by atoms with Gasteiger partial charge in [0.2, 0.25) is 11.9 Å². The maximum Gasteiger partial charge on any atom is 0.321 e. The molecule has 0 aliphatic carbocycles. The van der Waals surface area contributed by atoms with Crippen LogP contribution >= 0.6 is 0 Å². The highest BCUT2D eigenvalue weighted by Crippen LogP contribution is 2.31. The molecule has 2 heterocycles. The number of rotatable bonds is 5. The maximum absolute atomic E-state index is 12.8. The Bertz CT molecular complexity index is 726. The van der Waals surface area contributed by atoms with Crippen LogP contribution in [0.1, 0.15) is 25.5 Å². The number of benzene rings is 1. The molecule has 0 spiro atoms. The highest BCUT2D eigenvalue weighted by Gasteiger charge is 2.42. The number of carbonyl (C=O) groups excluding carboxylic acids is 2. The average Bonchev–Trinajstić information content (AvgIpc) is 2.73. The van der Waals surface area contributed by atoms with Gasteiger partial charge in [-0.1, -0.05) is 12.1 Å². The molecule has 28 heavy (non-hydrogen) atoms. The number of guanidine groups is 1. The number of aliphatic imine (C=N–C) groups is 1. The van der Waals surface area contributed by atoms with Crippen molar-refractivity contribution in [2.75, 3.05) is 46.4 Å². The number of likely N-dealkylation sites (N-methyl/N-ethyl adjacent to an activating group) is 1. The Hall–Kier alpha value is -2.61. The normalized spacial score (nSPS) is 23.0. The molecule has 1 aromatic carbocycles. The fourth-order valence-electron chi connectivity index (χ4n) is 3.65. The van der Waals surface area contributed by atoms with Crippen molar-refractivity contribution in [1.82, 2.24) is 10.2 Å². The molecule has 8 heteroatoms. The van der Waals surface area contributed by atoms with E-state index in [4.69, 9.17) is 14.5 Å². The molecule has 2 aliphatic rings. The number of hydrogen-bond donors (Lipinski definition) is 2. The molecule has 0 radical (unpaired) electrons. The summed E-state index contributed by atoms with van der Waals surface area (Å²) in [5.41, 5.74) is 0.782. The first kappa shape index (κ1) is 20.1. The lowest BCUT2D eigenvalue weighted by molar-refractivity contribution is -0.902. The molecule has 2 N–H and O–H groups in total. The minimum absolute atomic E-state index is 0.219. The van der Waals surface area contributed by atoms with Gasteiger partial charge >= 0.3 is 5.97 Å². The molecule has 1 amide bonds. The lowest BCUT2D eigenvalue weighted by Crippen LogP contribution is -3.14. The van der Waals surface area contributed by atoms with Crippen molar-refractivity contribution >= 4 is 17.8 Å². The Balaban J connectivity index is 1.90. The zero-order chi connectivity index (χ0) is 20.1. The number of piperazine rings is 1. The predicted molar refractivity (Wildman–Crippen MR) is 104 cm³/mol. The number of methoxy groups -OCH3 is 1. The number of amides is 1. The first-order valence-electron chi connectivity index (χ1n) is 9.85. The van der Waals surface area contributed by atoms with Gasteiger partial charge in [0, 0.05) is 0 Å². The number of hydrogen-bond acceptors (Lipinski definition) is 6. The zero-order valence-corrected chi connectivity index (χ0v) is 16.7. The first-order valence-corrected chi connectivity index (χ1v) is 9.85. The Labute approximate surface area is 165 Å². The number of nitrogens with one attached hydrogen (secondary N) is 2. The number of quaternary nitrogens is 1. The van der Waals surface area contributed by atoms with Crippen molar-refractivity contribution in [2.24, 2.45) is 10.9 Å². The highest BCUT2D eigenvalue weighted by molar-refractivity contribution is 6.08. The molecule has 2 atom stereocenters. The van der Waals surface area contributed by atoms with Crippen molar-refractivity contribution in [1.29, 1.82) is 0 Å². The summed E-state index contributed by atoms with van der Waals surface area (Å²) in [7, 11) is 1.60. The Morgan fingerprint density at radius 1 is 1.25 bits per heavy atom. The molecule has 0 aromatic heterocycles. The Morgan fingerprint density at radius 2 is 1.93 bits per heavy atom. The molecular weight excluding hydrogens is 360 g/mol. The van der Waals surface area contributed by atoms with E-state index in [0.29, 0.717) is 11.7 Å². The Morgan fingerprint density at radius 3 is 2.50 bits per heavy atom. The number of esters is 1. The van der Waals surface area contributed by atoms with Crippen LogP contribution in [-0.4, -0.2) is 69.2 Å². The summed E-state index contributed by atoms with van der Waals surface area (Å²) in [6.45, 7) is 8.85. The predicted octanol–water partition coefficient (Wildman–Crippen LogP) is -0.378. The quantitative estimate of drug-likeness (QED) is 0.530. The molecule has 8 nitrogen and oxygen atoms in total. The second-order valence-corrected chi connectivity index (χ2v) is 6.98. The summed E-state index contributed by atoms with van der Waals surface area (Å²) < 4.78 is 10.4. The van der Waals surface area contributed by atoms with Gasteiger partial charge < -0.3 is 19.3 Å². The smallest absolute Gasteiger partial charge is 0.321 e. The average molecular weight is 389 g/mol. The summed E-state index contributed by atoms with van der Waals surface area (Å²) in [6.07, 6.45) is 0. The largest absolute Gasteiger partial charge is 0.497 e. The summed E-state index contributed by atoms with van der Waals surface area (Å²) in [6, 6.07) is 6.68. The van der Waals surface area contributed by atoms with Gasteiger partial charge in [-0.15, -0.1) is 0 Å². The summed E-state index contributed by atoms with van der Waals surface area (Å²) in [5.74, 6) is -0.667. The monoisotopic (exact) mass is 389 g/mol. The summed E-state index contributed by atoms with van der Waals surface area (Å²) in [5, 5.41) is 2.83. The minimum atomic E-state index is -1.00. The van der Waals surface area contributed by atoms with Crippen molar-refractivity contribution in [3.63, 3.8) is 0 Å². The molecule has 152 valence electrons. The third kappa shape index (κ3) is 4.27. The van der Waals surface area contributed by atoms with Crippen LogP contribution in [0.4, 0.5) is 0 Å². The standard InChI is InChI=1S/C20H28N4O4/c1-4-23-10-12-24(13-11-23)20-21-17(14-6-8-15(27-3)9-7-14)16(18(25)22-20)19(26)28-5-2/h6-9,16-17H,4-5,10-13H2,1-3H3,(H,21,22,25)/p+1/t16-,17-/m1/s1. The van der Waals surface area contributed by atoms with Crippen LogP contribution in [0, 0.1) is 5.92 Å². The lowest BCUT2D eigenvalue weighted by Gasteiger charge is -2.37. The molecule has 0 unspecified atom stereocenters. The van der Waals surface area contributed by atoms with Gasteiger partial charge in [0.25, 0.3) is 0 Å². The summed E-state index contributed by atoms with van der Waals surface area (Å²) in [4.78, 5) is 33.7. The van der Waals surface area contributed by atoms with E-state index in [2.05, 4.69) is 17.1 Å². The van der Waals surface area contributed by atoms with Gasteiger partial charge in [-0.25, -0.2) is 4.99 Å². The number of nitrogens with zero attached hydrogens (tertiary/aromatic N) is 2. The highest BCUT2D eigenvalue weighted by atomic mass is 16.5. The third-order valence-corrected chi connectivity index (χ3v) is 5.36. The van der Waals surface area contributed by atoms with Crippen molar-refractivity contribution in [3.05, 3.63) is 29.8 Å². The molecule has 3 rings (SSSR count). The van der Waals surface area contributed by atoms with Gasteiger partial charge in [0.15, 0.2) is 5.92 Å². The van der Waals surface area contributed by atoms with Crippen molar-refractivity contribution in [2.45, 2.75) is 19.9 Å². The van der Waals surface area contributed by atoms with E-state index < -0.39 is 17.9 Å². The van der Waals surface area contributed by atoms with Gasteiger partial charge in [-0.05, 0) is 31.5 Å². The van der Waals surface area contributed by atoms with Gasteiger partial charge in [0.05, 0.1) is 46.4 Å². The maximum atomic E-state index is 12.8. The molecule has 0 saturated carbocycles. The van der Waals surface area contributed by atoms with Gasteiger partial charge in [-0.3, -0.25) is 14.9 Å². The second-order valence-electron chi connectivity index (χ2n) is 6.98. The first-order chi connectivity index (χ1) is 13.6. The fraction of sp³-hybridized carbons (Fsp3) is 0.550. The molecule has 2 aliphatic heterocycles. The topological polar surface area (TPSA) is 84.7 Å². The third-order valence-electron chi connectivity index (χ3n) is 5.36. The van der Waals surface area contributed by atoms with Crippen molar-refractivity contribution in [3.8, 4) is 5.75 Å². The van der Waals surface area contributed by atoms with Crippen LogP contribution in [0.2, 0.25) is 0 Å². The number of carbonyl (C=O) groups is 2. The van der Waals surface area contributed by atoms with Crippen LogP contribution in [-0.2, 0) is 14.3 Å². The molecular formula is C20H29N4O4+. The van der Waals surface area contributed by atoms with Gasteiger partial charge in [0.1, 0.15) is 11.8 Å².